The minimum absolute atomic E-state index is 0.119. The molecule has 0 aliphatic heterocycles. The fourth-order valence-corrected chi connectivity index (χ4v) is 4.46. The van der Waals surface area contributed by atoms with Crippen LogP contribution in [0.25, 0.3) is 0 Å². The number of rotatable bonds is 4. The van der Waals surface area contributed by atoms with Gasteiger partial charge in [-0.25, -0.2) is 0 Å². The fourth-order valence-electron chi connectivity index (χ4n) is 2.66. The SMILES string of the molecule is O=C(c1ccc(C2CC(I)C2)cc1)C(Br)c1ccccc1. The number of halogens is 2. The van der Waals surface area contributed by atoms with Crippen molar-refractivity contribution in [1.82, 2.24) is 0 Å². The summed E-state index contributed by atoms with van der Waals surface area (Å²) in [6, 6.07) is 18.0. The highest BCUT2D eigenvalue weighted by Gasteiger charge is 2.28. The first-order valence-corrected chi connectivity index (χ1v) is 9.28. The van der Waals surface area contributed by atoms with Crippen LogP contribution in [0.3, 0.4) is 0 Å². The number of hydrogen-bond donors (Lipinski definition) is 0. The van der Waals surface area contributed by atoms with Crippen LogP contribution in [0.15, 0.2) is 54.6 Å². The van der Waals surface area contributed by atoms with Crippen molar-refractivity contribution < 1.29 is 4.79 Å². The summed E-state index contributed by atoms with van der Waals surface area (Å²) in [7, 11) is 0. The van der Waals surface area contributed by atoms with Crippen LogP contribution in [-0.2, 0) is 0 Å². The van der Waals surface area contributed by atoms with Crippen molar-refractivity contribution >= 4 is 44.3 Å². The quantitative estimate of drug-likeness (QED) is 0.329. The Hall–Kier alpha value is -0.680. The molecule has 21 heavy (non-hydrogen) atoms. The van der Waals surface area contributed by atoms with E-state index in [1.54, 1.807) is 0 Å². The van der Waals surface area contributed by atoms with Crippen LogP contribution in [0.1, 0.15) is 45.1 Å². The average Bonchev–Trinajstić information content (AvgIpc) is 2.51. The van der Waals surface area contributed by atoms with Crippen molar-refractivity contribution in [2.45, 2.75) is 27.5 Å². The number of carbonyl (C=O) groups excluding carboxylic acids is 1. The lowest BCUT2D eigenvalue weighted by atomic mass is 9.80. The first-order chi connectivity index (χ1) is 10.1. The highest BCUT2D eigenvalue weighted by Crippen LogP contribution is 2.41. The molecule has 0 saturated heterocycles. The minimum atomic E-state index is -0.271. The normalized spacial score (nSPS) is 22.4. The maximum Gasteiger partial charge on any atom is 0.180 e. The second kappa shape index (κ2) is 6.61. The third kappa shape index (κ3) is 3.39. The summed E-state index contributed by atoms with van der Waals surface area (Å²) in [6.45, 7) is 0. The Balaban J connectivity index is 1.73. The lowest BCUT2D eigenvalue weighted by molar-refractivity contribution is 0.0991. The predicted octanol–water partition coefficient (Wildman–Crippen LogP) is 5.69. The van der Waals surface area contributed by atoms with E-state index in [1.807, 2.05) is 42.5 Å². The molecule has 1 saturated carbocycles. The molecule has 0 radical (unpaired) electrons. The van der Waals surface area contributed by atoms with Gasteiger partial charge in [0, 0.05) is 9.49 Å². The number of carbonyl (C=O) groups is 1. The molecule has 0 spiro atoms. The second-order valence-corrected chi connectivity index (χ2v) is 8.20. The van der Waals surface area contributed by atoms with Gasteiger partial charge in [0.15, 0.2) is 5.78 Å². The van der Waals surface area contributed by atoms with Crippen LogP contribution in [0.5, 0.6) is 0 Å². The molecule has 2 aromatic rings. The van der Waals surface area contributed by atoms with E-state index in [1.165, 1.54) is 18.4 Å². The van der Waals surface area contributed by atoms with E-state index in [2.05, 4.69) is 50.7 Å². The van der Waals surface area contributed by atoms with E-state index in [0.29, 0.717) is 5.92 Å². The van der Waals surface area contributed by atoms with Crippen LogP contribution < -0.4 is 0 Å². The van der Waals surface area contributed by atoms with Crippen LogP contribution in [-0.4, -0.2) is 9.71 Å². The van der Waals surface area contributed by atoms with E-state index in [9.17, 15) is 4.79 Å². The van der Waals surface area contributed by atoms with Gasteiger partial charge in [-0.2, -0.15) is 0 Å². The number of ketones is 1. The minimum Gasteiger partial charge on any atom is -0.293 e. The molecular formula is C18H16BrIO. The van der Waals surface area contributed by atoms with Crippen molar-refractivity contribution in [3.63, 3.8) is 0 Å². The van der Waals surface area contributed by atoms with E-state index in [0.717, 1.165) is 15.1 Å². The number of alkyl halides is 2. The molecule has 1 fully saturated rings. The molecule has 0 N–H and O–H groups in total. The Bertz CT molecular complexity index is 617. The van der Waals surface area contributed by atoms with Gasteiger partial charge >= 0.3 is 0 Å². The number of hydrogen-bond acceptors (Lipinski definition) is 1. The summed E-state index contributed by atoms with van der Waals surface area (Å²) in [5, 5.41) is 0. The van der Waals surface area contributed by atoms with Crippen LogP contribution in [0.2, 0.25) is 0 Å². The second-order valence-electron chi connectivity index (χ2n) is 5.53. The first kappa shape index (κ1) is 15.2. The van der Waals surface area contributed by atoms with Crippen molar-refractivity contribution in [3.05, 3.63) is 71.3 Å². The van der Waals surface area contributed by atoms with E-state index in [4.69, 9.17) is 0 Å². The maximum atomic E-state index is 12.5. The first-order valence-electron chi connectivity index (χ1n) is 7.12. The molecule has 108 valence electrons. The van der Waals surface area contributed by atoms with Gasteiger partial charge in [0.25, 0.3) is 0 Å². The van der Waals surface area contributed by atoms with Gasteiger partial charge in [0.2, 0.25) is 0 Å². The van der Waals surface area contributed by atoms with Crippen molar-refractivity contribution in [3.8, 4) is 0 Å². The molecule has 0 amide bonds. The third-order valence-electron chi connectivity index (χ3n) is 4.07. The Kier molecular flexibility index (Phi) is 4.79. The molecule has 3 rings (SSSR count). The zero-order valence-electron chi connectivity index (χ0n) is 11.5. The Labute approximate surface area is 147 Å². The third-order valence-corrected chi connectivity index (χ3v) is 6.03. The van der Waals surface area contributed by atoms with Crippen molar-refractivity contribution in [2.75, 3.05) is 0 Å². The highest BCUT2D eigenvalue weighted by atomic mass is 127. The highest BCUT2D eigenvalue weighted by molar-refractivity contribution is 14.1. The van der Waals surface area contributed by atoms with Crippen molar-refractivity contribution in [2.24, 2.45) is 0 Å². The lowest BCUT2D eigenvalue weighted by Crippen LogP contribution is -2.21. The zero-order valence-corrected chi connectivity index (χ0v) is 15.3. The zero-order chi connectivity index (χ0) is 14.8. The van der Waals surface area contributed by atoms with Gasteiger partial charge in [0.05, 0.1) is 0 Å². The molecule has 1 aliphatic rings. The van der Waals surface area contributed by atoms with Gasteiger partial charge in [-0.05, 0) is 29.9 Å². The van der Waals surface area contributed by atoms with E-state index >= 15 is 0 Å². The van der Waals surface area contributed by atoms with Gasteiger partial charge in [-0.1, -0.05) is 93.1 Å². The average molecular weight is 455 g/mol. The summed E-state index contributed by atoms with van der Waals surface area (Å²) in [6.07, 6.45) is 2.53. The van der Waals surface area contributed by atoms with Crippen LogP contribution >= 0.6 is 38.5 Å². The molecule has 0 bridgehead atoms. The molecule has 1 unspecified atom stereocenters. The standard InChI is InChI=1S/C18H16BrIO/c19-17(13-4-2-1-3-5-13)18(21)14-8-6-12(7-9-14)15-10-16(20)11-15/h1-9,15-17H,10-11H2. The fraction of sp³-hybridized carbons (Fsp3) is 0.278. The summed E-state index contributed by atoms with van der Waals surface area (Å²) >= 11 is 6.03. The summed E-state index contributed by atoms with van der Waals surface area (Å²) < 4.78 is 0.818. The largest absolute Gasteiger partial charge is 0.293 e. The number of benzene rings is 2. The molecule has 0 heterocycles. The molecule has 2 aromatic carbocycles. The lowest BCUT2D eigenvalue weighted by Gasteiger charge is -2.31. The van der Waals surface area contributed by atoms with E-state index < -0.39 is 0 Å². The van der Waals surface area contributed by atoms with Crippen LogP contribution in [0.4, 0.5) is 0 Å². The van der Waals surface area contributed by atoms with E-state index in [-0.39, 0.29) is 10.6 Å². The predicted molar refractivity (Wildman–Crippen MR) is 98.7 cm³/mol. The topological polar surface area (TPSA) is 17.1 Å². The summed E-state index contributed by atoms with van der Waals surface area (Å²) in [5.74, 6) is 0.804. The molecule has 3 heteroatoms. The molecule has 1 aliphatic carbocycles. The summed E-state index contributed by atoms with van der Waals surface area (Å²) in [4.78, 5) is 12.2. The van der Waals surface area contributed by atoms with Gasteiger partial charge in [0.1, 0.15) is 4.83 Å². The molecule has 1 atom stereocenters. The Morgan fingerprint density at radius 1 is 1.05 bits per heavy atom. The Morgan fingerprint density at radius 3 is 2.24 bits per heavy atom. The maximum absolute atomic E-state index is 12.5. The molecule has 1 nitrogen and oxygen atoms in total. The molecule has 0 aromatic heterocycles. The van der Waals surface area contributed by atoms with Crippen molar-refractivity contribution in [1.29, 1.82) is 0 Å². The van der Waals surface area contributed by atoms with Gasteiger partial charge in [-0.15, -0.1) is 0 Å². The number of Topliss-reactive ketones (excluding diaryl/α,β-unsaturated/α-hetero) is 1. The Morgan fingerprint density at radius 2 is 1.67 bits per heavy atom. The van der Waals surface area contributed by atoms with Crippen LogP contribution in [0, 0.1) is 0 Å². The monoisotopic (exact) mass is 454 g/mol. The van der Waals surface area contributed by atoms with Gasteiger partial charge in [-0.3, -0.25) is 4.79 Å². The molecular weight excluding hydrogens is 439 g/mol. The van der Waals surface area contributed by atoms with Gasteiger partial charge < -0.3 is 0 Å². The smallest absolute Gasteiger partial charge is 0.180 e. The summed E-state index contributed by atoms with van der Waals surface area (Å²) in [5.41, 5.74) is 3.14.